The molecule has 1 aromatic heterocycles. The Morgan fingerprint density at radius 2 is 2.33 bits per heavy atom. The highest BCUT2D eigenvalue weighted by Gasteiger charge is 2.21. The molecule has 0 radical (unpaired) electrons. The maximum Gasteiger partial charge on any atom is 0.319 e. The second kappa shape index (κ2) is 7.44. The average Bonchev–Trinajstić information content (AvgIpc) is 3.22. The fourth-order valence-electron chi connectivity index (χ4n) is 2.87. The molecule has 7 heteroatoms. The molecule has 2 amide bonds. The van der Waals surface area contributed by atoms with Gasteiger partial charge in [-0.2, -0.15) is 4.98 Å². The lowest BCUT2D eigenvalue weighted by molar-refractivity contribution is 0.245. The van der Waals surface area contributed by atoms with E-state index in [2.05, 4.69) is 32.7 Å². The van der Waals surface area contributed by atoms with Gasteiger partial charge in [0.15, 0.2) is 0 Å². The molecule has 0 bridgehead atoms. The highest BCUT2D eigenvalue weighted by molar-refractivity contribution is 5.89. The topological polar surface area (TPSA) is 83.3 Å². The predicted molar refractivity (Wildman–Crippen MR) is 91.8 cm³/mol. The van der Waals surface area contributed by atoms with Crippen LogP contribution in [0.5, 0.6) is 0 Å². The molecular weight excluding hydrogens is 306 g/mol. The van der Waals surface area contributed by atoms with E-state index in [1.165, 1.54) is 6.42 Å². The van der Waals surface area contributed by atoms with Crippen LogP contribution in [0.4, 0.5) is 10.5 Å². The number of anilines is 1. The fourth-order valence-corrected chi connectivity index (χ4v) is 2.87. The number of amides is 2. The highest BCUT2D eigenvalue weighted by atomic mass is 16.5. The lowest BCUT2D eigenvalue weighted by Gasteiger charge is -2.19. The summed E-state index contributed by atoms with van der Waals surface area (Å²) in [6.07, 6.45) is 3.02. The molecule has 1 atom stereocenters. The normalized spacial score (nSPS) is 17.8. The van der Waals surface area contributed by atoms with Crippen molar-refractivity contribution in [2.45, 2.75) is 32.2 Å². The minimum atomic E-state index is -0.199. The van der Waals surface area contributed by atoms with E-state index in [1.54, 1.807) is 0 Å². The first-order valence-corrected chi connectivity index (χ1v) is 8.34. The maximum absolute atomic E-state index is 12.1. The minimum Gasteiger partial charge on any atom is -0.339 e. The Bertz CT molecular complexity index is 700. The molecule has 24 heavy (non-hydrogen) atoms. The van der Waals surface area contributed by atoms with Gasteiger partial charge in [-0.3, -0.25) is 0 Å². The van der Waals surface area contributed by atoms with Gasteiger partial charge in [-0.1, -0.05) is 24.2 Å². The lowest BCUT2D eigenvalue weighted by Crippen LogP contribution is -2.40. The summed E-state index contributed by atoms with van der Waals surface area (Å²) >= 11 is 0. The van der Waals surface area contributed by atoms with Crippen LogP contribution in [0, 0.1) is 0 Å². The molecule has 0 spiro atoms. The number of rotatable bonds is 5. The molecule has 1 aliphatic heterocycles. The summed E-state index contributed by atoms with van der Waals surface area (Å²) in [5, 5.41) is 9.75. The van der Waals surface area contributed by atoms with Gasteiger partial charge < -0.3 is 20.1 Å². The molecule has 0 saturated carbocycles. The van der Waals surface area contributed by atoms with Crippen molar-refractivity contribution in [1.82, 2.24) is 20.4 Å². The summed E-state index contributed by atoms with van der Waals surface area (Å²) in [5.74, 6) is 1.13. The number of hydrogen-bond donors (Lipinski definition) is 2. The average molecular weight is 329 g/mol. The molecule has 2 heterocycles. The molecule has 0 aliphatic carbocycles. The Labute approximate surface area is 141 Å². The first-order chi connectivity index (χ1) is 11.7. The van der Waals surface area contributed by atoms with Crippen LogP contribution in [-0.2, 0) is 6.42 Å². The molecule has 0 unspecified atom stereocenters. The van der Waals surface area contributed by atoms with Crippen molar-refractivity contribution in [2.75, 3.05) is 25.5 Å². The molecule has 128 valence electrons. The molecule has 1 fully saturated rings. The van der Waals surface area contributed by atoms with Gasteiger partial charge in [0, 0.05) is 30.3 Å². The number of aryl methyl sites for hydroxylation is 1. The Hall–Kier alpha value is -2.41. The number of likely N-dealkylation sites (N-methyl/N-ethyl adjacent to an activating group) is 1. The van der Waals surface area contributed by atoms with E-state index in [9.17, 15) is 4.79 Å². The van der Waals surface area contributed by atoms with Gasteiger partial charge in [-0.05, 0) is 38.6 Å². The van der Waals surface area contributed by atoms with Crippen LogP contribution in [0.2, 0.25) is 0 Å². The smallest absolute Gasteiger partial charge is 0.319 e. The van der Waals surface area contributed by atoms with E-state index in [0.717, 1.165) is 18.5 Å². The number of hydrogen-bond acceptors (Lipinski definition) is 5. The van der Waals surface area contributed by atoms with Crippen molar-refractivity contribution < 1.29 is 9.32 Å². The lowest BCUT2D eigenvalue weighted by atomic mass is 10.2. The van der Waals surface area contributed by atoms with Crippen molar-refractivity contribution in [3.8, 4) is 11.4 Å². The third-order valence-corrected chi connectivity index (χ3v) is 4.32. The molecule has 1 saturated heterocycles. The standard InChI is InChI=1S/C17H23N5O2/c1-3-15-20-16(21-24-15)12-6-4-7-13(10-12)19-17(23)18-11-14-8-5-9-22(14)2/h4,6-7,10,14H,3,5,8-9,11H2,1-2H3,(H2,18,19,23)/t14-/m0/s1. The second-order valence-corrected chi connectivity index (χ2v) is 6.06. The van der Waals surface area contributed by atoms with Gasteiger partial charge in [0.1, 0.15) is 0 Å². The summed E-state index contributed by atoms with van der Waals surface area (Å²) in [6, 6.07) is 7.65. The number of likely N-dealkylation sites (tertiary alicyclic amines) is 1. The monoisotopic (exact) mass is 329 g/mol. The fraction of sp³-hybridized carbons (Fsp3) is 0.471. The zero-order valence-corrected chi connectivity index (χ0v) is 14.1. The number of nitrogens with zero attached hydrogens (tertiary/aromatic N) is 3. The van der Waals surface area contributed by atoms with Crippen molar-refractivity contribution in [3.63, 3.8) is 0 Å². The van der Waals surface area contributed by atoms with E-state index in [0.29, 0.717) is 36.4 Å². The minimum absolute atomic E-state index is 0.199. The highest BCUT2D eigenvalue weighted by Crippen LogP contribution is 2.20. The van der Waals surface area contributed by atoms with Gasteiger partial charge >= 0.3 is 6.03 Å². The van der Waals surface area contributed by atoms with Crippen LogP contribution in [0.15, 0.2) is 28.8 Å². The molecule has 1 aliphatic rings. The number of benzene rings is 1. The van der Waals surface area contributed by atoms with Gasteiger partial charge in [0.05, 0.1) is 0 Å². The van der Waals surface area contributed by atoms with Crippen LogP contribution in [0.1, 0.15) is 25.7 Å². The van der Waals surface area contributed by atoms with E-state index in [4.69, 9.17) is 4.52 Å². The second-order valence-electron chi connectivity index (χ2n) is 6.06. The number of carbonyl (C=O) groups excluding carboxylic acids is 1. The van der Waals surface area contributed by atoms with Gasteiger partial charge in [0.25, 0.3) is 0 Å². The van der Waals surface area contributed by atoms with Crippen molar-refractivity contribution in [2.24, 2.45) is 0 Å². The number of urea groups is 1. The molecule has 2 N–H and O–H groups in total. The Morgan fingerprint density at radius 1 is 1.46 bits per heavy atom. The van der Waals surface area contributed by atoms with Crippen LogP contribution >= 0.6 is 0 Å². The first-order valence-electron chi connectivity index (χ1n) is 8.34. The SMILES string of the molecule is CCc1nc(-c2cccc(NC(=O)NC[C@@H]3CCCN3C)c2)no1. The third kappa shape index (κ3) is 3.91. The van der Waals surface area contributed by atoms with Crippen molar-refractivity contribution in [1.29, 1.82) is 0 Å². The number of carbonyl (C=O) groups is 1. The third-order valence-electron chi connectivity index (χ3n) is 4.32. The summed E-state index contributed by atoms with van der Waals surface area (Å²) in [6.45, 7) is 3.72. The summed E-state index contributed by atoms with van der Waals surface area (Å²) in [5.41, 5.74) is 1.51. The Kier molecular flexibility index (Phi) is 5.10. The van der Waals surface area contributed by atoms with E-state index in [-0.39, 0.29) is 6.03 Å². The molecular formula is C17H23N5O2. The van der Waals surface area contributed by atoms with Crippen LogP contribution < -0.4 is 10.6 Å². The summed E-state index contributed by atoms with van der Waals surface area (Å²) in [7, 11) is 2.09. The summed E-state index contributed by atoms with van der Waals surface area (Å²) in [4.78, 5) is 18.7. The van der Waals surface area contributed by atoms with Gasteiger partial charge in [-0.15, -0.1) is 0 Å². The maximum atomic E-state index is 12.1. The number of aromatic nitrogens is 2. The van der Waals surface area contributed by atoms with Crippen molar-refractivity contribution in [3.05, 3.63) is 30.2 Å². The molecule has 3 rings (SSSR count). The van der Waals surface area contributed by atoms with E-state index >= 15 is 0 Å². The van der Waals surface area contributed by atoms with Crippen LogP contribution in [0.25, 0.3) is 11.4 Å². The van der Waals surface area contributed by atoms with Gasteiger partial charge in [0.2, 0.25) is 11.7 Å². The van der Waals surface area contributed by atoms with E-state index < -0.39 is 0 Å². The largest absolute Gasteiger partial charge is 0.339 e. The molecule has 2 aromatic rings. The Morgan fingerprint density at radius 3 is 3.04 bits per heavy atom. The Balaban J connectivity index is 1.58. The zero-order valence-electron chi connectivity index (χ0n) is 14.1. The molecule has 7 nitrogen and oxygen atoms in total. The number of nitrogens with one attached hydrogen (secondary N) is 2. The van der Waals surface area contributed by atoms with Crippen LogP contribution in [-0.4, -0.2) is 47.3 Å². The first kappa shape index (κ1) is 16.4. The van der Waals surface area contributed by atoms with Crippen LogP contribution in [0.3, 0.4) is 0 Å². The molecule has 1 aromatic carbocycles. The van der Waals surface area contributed by atoms with E-state index in [1.807, 2.05) is 31.2 Å². The van der Waals surface area contributed by atoms with Gasteiger partial charge in [-0.25, -0.2) is 4.79 Å². The quantitative estimate of drug-likeness (QED) is 0.880. The summed E-state index contributed by atoms with van der Waals surface area (Å²) < 4.78 is 5.13. The predicted octanol–water partition coefficient (Wildman–Crippen LogP) is 2.51. The zero-order chi connectivity index (χ0) is 16.9. The van der Waals surface area contributed by atoms with Crippen molar-refractivity contribution >= 4 is 11.7 Å².